The summed E-state index contributed by atoms with van der Waals surface area (Å²) in [5, 5.41) is 5.01. The molecular weight excluding hydrogens is 384 g/mol. The van der Waals surface area contributed by atoms with Crippen LogP contribution in [0.1, 0.15) is 28.7 Å². The number of hydrogen-bond donors (Lipinski definition) is 0. The summed E-state index contributed by atoms with van der Waals surface area (Å²) in [6.07, 6.45) is 0. The number of nitrogens with zero attached hydrogens (tertiary/aromatic N) is 4. The SMILES string of the molecule is CCOc1cccc2sc(N(Cc3ccccc3)C(=O)c3cc(C)n(C)n3)nc12. The van der Waals surface area contributed by atoms with Gasteiger partial charge >= 0.3 is 0 Å². The van der Waals surface area contributed by atoms with Crippen LogP contribution in [0.2, 0.25) is 0 Å². The molecule has 2 aromatic heterocycles. The van der Waals surface area contributed by atoms with Crippen molar-refractivity contribution in [3.8, 4) is 5.75 Å². The van der Waals surface area contributed by atoms with Crippen LogP contribution in [0.4, 0.5) is 5.13 Å². The molecule has 0 bridgehead atoms. The second kappa shape index (κ2) is 8.05. The molecular formula is C22H22N4O2S. The summed E-state index contributed by atoms with van der Waals surface area (Å²) in [7, 11) is 1.83. The normalized spacial score (nSPS) is 11.0. The van der Waals surface area contributed by atoms with Crippen molar-refractivity contribution >= 4 is 32.6 Å². The van der Waals surface area contributed by atoms with Crippen LogP contribution in [0, 0.1) is 6.92 Å². The van der Waals surface area contributed by atoms with Crippen LogP contribution in [0.3, 0.4) is 0 Å². The van der Waals surface area contributed by atoms with Crippen LogP contribution < -0.4 is 9.64 Å². The molecule has 0 aliphatic carbocycles. The van der Waals surface area contributed by atoms with Gasteiger partial charge in [-0.3, -0.25) is 14.4 Å². The van der Waals surface area contributed by atoms with Gasteiger partial charge in [0.15, 0.2) is 10.8 Å². The number of aryl methyl sites for hydroxylation is 2. The minimum absolute atomic E-state index is 0.172. The van der Waals surface area contributed by atoms with Gasteiger partial charge in [0.05, 0.1) is 17.9 Å². The molecule has 0 unspecified atom stereocenters. The van der Waals surface area contributed by atoms with E-state index in [2.05, 4.69) is 5.10 Å². The van der Waals surface area contributed by atoms with Gasteiger partial charge in [-0.25, -0.2) is 4.98 Å². The van der Waals surface area contributed by atoms with Crippen molar-refractivity contribution in [2.24, 2.45) is 7.05 Å². The molecule has 2 heterocycles. The molecule has 29 heavy (non-hydrogen) atoms. The van der Waals surface area contributed by atoms with Crippen molar-refractivity contribution < 1.29 is 9.53 Å². The lowest BCUT2D eigenvalue weighted by molar-refractivity contribution is 0.0979. The van der Waals surface area contributed by atoms with Crippen LogP contribution >= 0.6 is 11.3 Å². The summed E-state index contributed by atoms with van der Waals surface area (Å²) in [4.78, 5) is 19.8. The Kier molecular flexibility index (Phi) is 5.31. The van der Waals surface area contributed by atoms with E-state index in [1.807, 2.05) is 69.4 Å². The maximum Gasteiger partial charge on any atom is 0.280 e. The first-order valence-electron chi connectivity index (χ1n) is 9.45. The van der Waals surface area contributed by atoms with Gasteiger partial charge in [-0.1, -0.05) is 47.7 Å². The number of ether oxygens (including phenoxy) is 1. The van der Waals surface area contributed by atoms with E-state index in [9.17, 15) is 4.79 Å². The Morgan fingerprint density at radius 3 is 2.66 bits per heavy atom. The number of hydrogen-bond acceptors (Lipinski definition) is 5. The van der Waals surface area contributed by atoms with E-state index in [0.717, 1.165) is 27.2 Å². The first-order chi connectivity index (χ1) is 14.1. The number of fused-ring (bicyclic) bond motifs is 1. The van der Waals surface area contributed by atoms with Crippen molar-refractivity contribution in [3.05, 3.63) is 71.5 Å². The van der Waals surface area contributed by atoms with Gasteiger partial charge in [-0.2, -0.15) is 5.10 Å². The summed E-state index contributed by atoms with van der Waals surface area (Å²) in [6.45, 7) is 4.85. The number of carbonyl (C=O) groups is 1. The average molecular weight is 407 g/mol. The van der Waals surface area contributed by atoms with E-state index >= 15 is 0 Å². The zero-order valence-electron chi connectivity index (χ0n) is 16.6. The molecule has 2 aromatic carbocycles. The second-order valence-corrected chi connectivity index (χ2v) is 7.71. The predicted molar refractivity (Wildman–Crippen MR) is 116 cm³/mol. The minimum atomic E-state index is -0.172. The van der Waals surface area contributed by atoms with Gasteiger partial charge in [-0.15, -0.1) is 0 Å². The van der Waals surface area contributed by atoms with Gasteiger partial charge in [0, 0.05) is 12.7 Å². The van der Waals surface area contributed by atoms with Gasteiger partial charge in [0.2, 0.25) is 0 Å². The Bertz CT molecular complexity index is 1130. The van der Waals surface area contributed by atoms with Crippen LogP contribution in [-0.4, -0.2) is 27.3 Å². The summed E-state index contributed by atoms with van der Waals surface area (Å²) < 4.78 is 8.41. The minimum Gasteiger partial charge on any atom is -0.492 e. The molecule has 0 aliphatic rings. The molecule has 0 spiro atoms. The lowest BCUT2D eigenvalue weighted by atomic mass is 10.2. The highest BCUT2D eigenvalue weighted by atomic mass is 32.1. The Balaban J connectivity index is 1.78. The van der Waals surface area contributed by atoms with Crippen molar-refractivity contribution in [3.63, 3.8) is 0 Å². The number of aromatic nitrogens is 3. The van der Waals surface area contributed by atoms with E-state index in [1.165, 1.54) is 11.3 Å². The molecule has 0 aliphatic heterocycles. The topological polar surface area (TPSA) is 60.2 Å². The molecule has 0 atom stereocenters. The van der Waals surface area contributed by atoms with Gasteiger partial charge in [0.25, 0.3) is 5.91 Å². The number of rotatable bonds is 6. The molecule has 0 radical (unpaired) electrons. The van der Waals surface area contributed by atoms with Gasteiger partial charge in [-0.05, 0) is 37.6 Å². The smallest absolute Gasteiger partial charge is 0.280 e. The molecule has 4 rings (SSSR count). The molecule has 4 aromatic rings. The lowest BCUT2D eigenvalue weighted by Crippen LogP contribution is -2.30. The fourth-order valence-corrected chi connectivity index (χ4v) is 4.08. The van der Waals surface area contributed by atoms with Crippen molar-refractivity contribution in [2.45, 2.75) is 20.4 Å². The number of thiazole rings is 1. The Morgan fingerprint density at radius 1 is 1.17 bits per heavy atom. The largest absolute Gasteiger partial charge is 0.492 e. The maximum absolute atomic E-state index is 13.4. The number of amides is 1. The molecule has 0 saturated heterocycles. The summed E-state index contributed by atoms with van der Waals surface area (Å²) in [5.41, 5.74) is 3.14. The average Bonchev–Trinajstić information content (AvgIpc) is 3.31. The van der Waals surface area contributed by atoms with E-state index in [0.29, 0.717) is 24.0 Å². The fraction of sp³-hybridized carbons (Fsp3) is 0.227. The molecule has 7 heteroatoms. The Hall–Kier alpha value is -3.19. The second-order valence-electron chi connectivity index (χ2n) is 6.70. The number of para-hydroxylation sites is 1. The van der Waals surface area contributed by atoms with E-state index in [1.54, 1.807) is 15.6 Å². The van der Waals surface area contributed by atoms with Crippen LogP contribution in [0.5, 0.6) is 5.75 Å². The van der Waals surface area contributed by atoms with E-state index in [4.69, 9.17) is 9.72 Å². The van der Waals surface area contributed by atoms with Crippen LogP contribution in [-0.2, 0) is 13.6 Å². The molecule has 1 amide bonds. The molecule has 0 fully saturated rings. The summed E-state index contributed by atoms with van der Waals surface area (Å²) in [6, 6.07) is 17.6. The Morgan fingerprint density at radius 2 is 1.97 bits per heavy atom. The van der Waals surface area contributed by atoms with Crippen molar-refractivity contribution in [2.75, 3.05) is 11.5 Å². The third-order valence-electron chi connectivity index (χ3n) is 4.66. The maximum atomic E-state index is 13.4. The van der Waals surface area contributed by atoms with Gasteiger partial charge < -0.3 is 4.74 Å². The van der Waals surface area contributed by atoms with E-state index in [-0.39, 0.29) is 5.91 Å². The number of carbonyl (C=O) groups excluding carboxylic acids is 1. The highest BCUT2D eigenvalue weighted by Crippen LogP contribution is 2.35. The summed E-state index contributed by atoms with van der Waals surface area (Å²) >= 11 is 1.48. The number of benzene rings is 2. The summed E-state index contributed by atoms with van der Waals surface area (Å²) in [5.74, 6) is 0.558. The Labute approximate surface area is 173 Å². The molecule has 6 nitrogen and oxygen atoms in total. The highest BCUT2D eigenvalue weighted by Gasteiger charge is 2.24. The zero-order chi connectivity index (χ0) is 20.4. The molecule has 148 valence electrons. The third-order valence-corrected chi connectivity index (χ3v) is 5.71. The third kappa shape index (κ3) is 3.86. The zero-order valence-corrected chi connectivity index (χ0v) is 17.4. The number of anilines is 1. The van der Waals surface area contributed by atoms with Crippen LogP contribution in [0.25, 0.3) is 10.2 Å². The standard InChI is InChI=1S/C22H22N4O2S/c1-4-28-18-11-8-12-19-20(18)23-22(29-19)26(14-16-9-6-5-7-10-16)21(27)17-13-15(2)25(3)24-17/h5-13H,4,14H2,1-3H3. The fourth-order valence-electron chi connectivity index (χ4n) is 3.09. The first-order valence-corrected chi connectivity index (χ1v) is 10.3. The van der Waals surface area contributed by atoms with Crippen molar-refractivity contribution in [1.29, 1.82) is 0 Å². The lowest BCUT2D eigenvalue weighted by Gasteiger charge is -2.19. The predicted octanol–water partition coefficient (Wildman–Crippen LogP) is 4.58. The molecule has 0 saturated carbocycles. The van der Waals surface area contributed by atoms with Crippen molar-refractivity contribution in [1.82, 2.24) is 14.8 Å². The van der Waals surface area contributed by atoms with Crippen LogP contribution in [0.15, 0.2) is 54.6 Å². The monoisotopic (exact) mass is 406 g/mol. The van der Waals surface area contributed by atoms with E-state index < -0.39 is 0 Å². The molecule has 0 N–H and O–H groups in total. The first kappa shape index (κ1) is 19.1. The quantitative estimate of drug-likeness (QED) is 0.470. The van der Waals surface area contributed by atoms with Gasteiger partial charge in [0.1, 0.15) is 11.3 Å². The highest BCUT2D eigenvalue weighted by molar-refractivity contribution is 7.22.